The Bertz CT molecular complexity index is 1080. The molecule has 2 aliphatic rings. The number of carbonyl (C=O) groups excluding carboxylic acids is 1. The van der Waals surface area contributed by atoms with Crippen LogP contribution >= 0.6 is 11.3 Å². The molecule has 1 saturated heterocycles. The number of aryl methyl sites for hydroxylation is 2. The van der Waals surface area contributed by atoms with Gasteiger partial charge in [-0.25, -0.2) is 19.9 Å². The Morgan fingerprint density at radius 2 is 1.90 bits per heavy atom. The molecule has 0 radical (unpaired) electrons. The molecule has 9 heteroatoms. The fraction of sp³-hybridized carbons (Fsp3) is 0.500. The zero-order valence-electron chi connectivity index (χ0n) is 17.4. The Kier molecular flexibility index (Phi) is 5.67. The first-order valence-corrected chi connectivity index (χ1v) is 11.8. The number of thiophene rings is 1. The number of nitrogens with zero attached hydrogens (tertiary/aromatic N) is 5. The molecule has 3 aromatic heterocycles. The highest BCUT2D eigenvalue weighted by Gasteiger charge is 2.27. The second kappa shape index (κ2) is 8.74. The lowest BCUT2D eigenvalue weighted by Gasteiger charge is -2.30. The van der Waals surface area contributed by atoms with Gasteiger partial charge in [-0.1, -0.05) is 6.42 Å². The van der Waals surface area contributed by atoms with E-state index in [1.165, 1.54) is 29.7 Å². The second-order valence-electron chi connectivity index (χ2n) is 8.19. The summed E-state index contributed by atoms with van der Waals surface area (Å²) >= 11 is 1.71. The van der Waals surface area contributed by atoms with Crippen molar-refractivity contribution >= 4 is 39.3 Å². The van der Waals surface area contributed by atoms with E-state index < -0.39 is 0 Å². The molecule has 0 unspecified atom stereocenters. The van der Waals surface area contributed by atoms with Crippen LogP contribution in [0.5, 0.6) is 0 Å². The lowest BCUT2D eigenvalue weighted by molar-refractivity contribution is -0.150. The number of hydrogen-bond donors (Lipinski definition) is 1. The fourth-order valence-electron chi connectivity index (χ4n) is 4.50. The Balaban J connectivity index is 1.21. The van der Waals surface area contributed by atoms with Crippen molar-refractivity contribution < 1.29 is 9.53 Å². The smallest absolute Gasteiger partial charge is 0.309 e. The highest BCUT2D eigenvalue weighted by atomic mass is 32.1. The van der Waals surface area contributed by atoms with Crippen LogP contribution in [0.25, 0.3) is 10.2 Å². The van der Waals surface area contributed by atoms with Gasteiger partial charge in [0.1, 0.15) is 10.6 Å². The number of nitrogens with two attached hydrogens (primary N) is 1. The number of carbonyl (C=O) groups is 1. The van der Waals surface area contributed by atoms with Gasteiger partial charge in [0.05, 0.1) is 11.3 Å². The van der Waals surface area contributed by atoms with E-state index in [9.17, 15) is 4.79 Å². The molecule has 4 heterocycles. The summed E-state index contributed by atoms with van der Waals surface area (Å²) in [6.07, 6.45) is 10.7. The van der Waals surface area contributed by atoms with Gasteiger partial charge in [0, 0.05) is 30.4 Å². The Labute approximate surface area is 184 Å². The van der Waals surface area contributed by atoms with E-state index in [1.807, 2.05) is 0 Å². The summed E-state index contributed by atoms with van der Waals surface area (Å²) in [5.41, 5.74) is 7.62. The van der Waals surface area contributed by atoms with E-state index in [0.29, 0.717) is 17.6 Å². The third-order valence-corrected chi connectivity index (χ3v) is 7.33. The summed E-state index contributed by atoms with van der Waals surface area (Å²) in [7, 11) is 0. The summed E-state index contributed by atoms with van der Waals surface area (Å²) in [6.45, 7) is 1.53. The number of piperidine rings is 1. The molecule has 0 amide bonds. The number of esters is 1. The average molecular weight is 439 g/mol. The van der Waals surface area contributed by atoms with Gasteiger partial charge < -0.3 is 15.4 Å². The molecule has 0 spiro atoms. The third kappa shape index (κ3) is 4.19. The Morgan fingerprint density at radius 1 is 1.13 bits per heavy atom. The maximum atomic E-state index is 12.6. The normalized spacial score (nSPS) is 17.4. The molecule has 2 N–H and O–H groups in total. The van der Waals surface area contributed by atoms with Gasteiger partial charge in [0.2, 0.25) is 5.95 Å². The van der Waals surface area contributed by atoms with E-state index in [0.717, 1.165) is 49.0 Å². The third-order valence-electron chi connectivity index (χ3n) is 6.15. The van der Waals surface area contributed by atoms with Gasteiger partial charge in [-0.3, -0.25) is 4.79 Å². The van der Waals surface area contributed by atoms with Crippen molar-refractivity contribution in [1.82, 2.24) is 19.9 Å². The van der Waals surface area contributed by atoms with E-state index >= 15 is 0 Å². The van der Waals surface area contributed by atoms with Crippen LogP contribution in [0.2, 0.25) is 0 Å². The van der Waals surface area contributed by atoms with E-state index in [-0.39, 0.29) is 18.5 Å². The standard InChI is InChI=1S/C22H26N6O2S/c23-19-18-15-5-2-1-3-6-16(15)31-20(18)27-17(26-19)13-30-21(29)14-7-11-28(12-8-14)22-24-9-4-10-25-22/h4,9-10,14H,1-3,5-8,11-13H2,(H2,23,26,27). The number of ether oxygens (including phenoxy) is 1. The second-order valence-corrected chi connectivity index (χ2v) is 9.27. The number of fused-ring (bicyclic) bond motifs is 3. The molecule has 162 valence electrons. The Hall–Kier alpha value is -2.81. The zero-order valence-corrected chi connectivity index (χ0v) is 18.2. The van der Waals surface area contributed by atoms with Crippen LogP contribution in [-0.4, -0.2) is 39.0 Å². The first-order valence-electron chi connectivity index (χ1n) is 10.9. The summed E-state index contributed by atoms with van der Waals surface area (Å²) in [6, 6.07) is 1.80. The molecule has 8 nitrogen and oxygen atoms in total. The SMILES string of the molecule is Nc1nc(COC(=O)C2CCN(c3ncccn3)CC2)nc2sc3c(c12)CCCCC3. The van der Waals surface area contributed by atoms with Gasteiger partial charge >= 0.3 is 5.97 Å². The molecule has 31 heavy (non-hydrogen) atoms. The molecule has 0 aromatic carbocycles. The van der Waals surface area contributed by atoms with Crippen molar-refractivity contribution in [3.8, 4) is 0 Å². The van der Waals surface area contributed by atoms with E-state index in [1.54, 1.807) is 29.8 Å². The van der Waals surface area contributed by atoms with Crippen LogP contribution in [0.3, 0.4) is 0 Å². The Morgan fingerprint density at radius 3 is 2.71 bits per heavy atom. The summed E-state index contributed by atoms with van der Waals surface area (Å²) in [5.74, 6) is 1.37. The monoisotopic (exact) mass is 438 g/mol. The minimum Gasteiger partial charge on any atom is -0.457 e. The van der Waals surface area contributed by atoms with Crippen LogP contribution in [0.1, 0.15) is 48.4 Å². The zero-order chi connectivity index (χ0) is 21.2. The fourth-order valence-corrected chi connectivity index (χ4v) is 5.78. The quantitative estimate of drug-likeness (QED) is 0.488. The van der Waals surface area contributed by atoms with Crippen molar-refractivity contribution in [2.24, 2.45) is 5.92 Å². The molecular formula is C22H26N6O2S. The van der Waals surface area contributed by atoms with Crippen molar-refractivity contribution in [2.75, 3.05) is 23.7 Å². The topological polar surface area (TPSA) is 107 Å². The number of nitrogen functional groups attached to an aromatic ring is 1. The maximum absolute atomic E-state index is 12.6. The lowest BCUT2D eigenvalue weighted by Crippen LogP contribution is -2.37. The van der Waals surface area contributed by atoms with Gasteiger partial charge in [-0.2, -0.15) is 0 Å². The van der Waals surface area contributed by atoms with Crippen molar-refractivity contribution in [2.45, 2.75) is 51.6 Å². The van der Waals surface area contributed by atoms with Crippen molar-refractivity contribution in [3.05, 3.63) is 34.7 Å². The van der Waals surface area contributed by atoms with Gasteiger partial charge in [0.15, 0.2) is 12.4 Å². The average Bonchev–Trinajstić information content (AvgIpc) is 3.00. The molecule has 1 aliphatic heterocycles. The first kappa shape index (κ1) is 20.1. The van der Waals surface area contributed by atoms with Gasteiger partial charge in [-0.05, 0) is 50.2 Å². The summed E-state index contributed by atoms with van der Waals surface area (Å²) in [5, 5.41) is 1.01. The highest BCUT2D eigenvalue weighted by molar-refractivity contribution is 7.19. The van der Waals surface area contributed by atoms with Crippen LogP contribution in [0.4, 0.5) is 11.8 Å². The van der Waals surface area contributed by atoms with Crippen LogP contribution in [0.15, 0.2) is 18.5 Å². The molecule has 0 saturated carbocycles. The number of hydrogen-bond acceptors (Lipinski definition) is 9. The molecule has 5 rings (SSSR count). The molecule has 0 atom stereocenters. The first-order chi connectivity index (χ1) is 15.2. The minimum atomic E-state index is -0.196. The predicted molar refractivity (Wildman–Crippen MR) is 120 cm³/mol. The lowest BCUT2D eigenvalue weighted by atomic mass is 9.97. The number of rotatable bonds is 4. The summed E-state index contributed by atoms with van der Waals surface area (Å²) in [4.78, 5) is 34.7. The number of anilines is 2. The van der Waals surface area contributed by atoms with Crippen LogP contribution in [-0.2, 0) is 29.0 Å². The van der Waals surface area contributed by atoms with Crippen molar-refractivity contribution in [3.63, 3.8) is 0 Å². The summed E-state index contributed by atoms with van der Waals surface area (Å²) < 4.78 is 5.57. The van der Waals surface area contributed by atoms with Crippen LogP contribution < -0.4 is 10.6 Å². The van der Waals surface area contributed by atoms with Crippen molar-refractivity contribution in [1.29, 1.82) is 0 Å². The van der Waals surface area contributed by atoms with E-state index in [4.69, 9.17) is 10.5 Å². The van der Waals surface area contributed by atoms with E-state index in [2.05, 4.69) is 24.8 Å². The largest absolute Gasteiger partial charge is 0.457 e. The van der Waals surface area contributed by atoms with Gasteiger partial charge in [-0.15, -0.1) is 11.3 Å². The maximum Gasteiger partial charge on any atom is 0.309 e. The molecule has 1 fully saturated rings. The van der Waals surface area contributed by atoms with Gasteiger partial charge in [0.25, 0.3) is 0 Å². The molecular weight excluding hydrogens is 412 g/mol. The highest BCUT2D eigenvalue weighted by Crippen LogP contribution is 2.37. The molecule has 1 aliphatic carbocycles. The molecule has 3 aromatic rings. The predicted octanol–water partition coefficient (Wildman–Crippen LogP) is 3.29. The van der Waals surface area contributed by atoms with Crippen LogP contribution in [0, 0.1) is 5.92 Å². The number of aromatic nitrogens is 4. The molecule has 0 bridgehead atoms. The minimum absolute atomic E-state index is 0.0591.